The molecule has 0 fully saturated rings. The Bertz CT molecular complexity index is 119. The zero-order valence-electron chi connectivity index (χ0n) is 7.13. The number of hydrogen-bond acceptors (Lipinski definition) is 2. The number of hydrogen-bond donors (Lipinski definition) is 1. The van der Waals surface area contributed by atoms with Crippen molar-refractivity contribution in [3.63, 3.8) is 0 Å². The third-order valence-corrected chi connectivity index (χ3v) is 1.03. The second kappa shape index (κ2) is 3.56. The molecule has 0 aromatic rings. The maximum absolute atomic E-state index is 8.77. The molecule has 10 heavy (non-hydrogen) atoms. The van der Waals surface area contributed by atoms with Crippen LogP contribution < -0.4 is 0 Å². The van der Waals surface area contributed by atoms with Gasteiger partial charge in [0.25, 0.3) is 0 Å². The summed E-state index contributed by atoms with van der Waals surface area (Å²) in [6, 6.07) is 0. The fraction of sp³-hybridized carbons (Fsp3) is 0.857. The van der Waals surface area contributed by atoms with Crippen LogP contribution in [0.4, 0.5) is 0 Å². The van der Waals surface area contributed by atoms with Crippen LogP contribution in [0.2, 0.25) is 0 Å². The van der Waals surface area contributed by atoms with Crippen molar-refractivity contribution in [3.8, 4) is 0 Å². The van der Waals surface area contributed by atoms with Crippen LogP contribution in [0.3, 0.4) is 0 Å². The standard InChI is InChI=1S/C7H16N2O/c1-7(2,5-10)8-6-9(3)4/h6,10H,5H2,1-4H3. The van der Waals surface area contributed by atoms with Crippen LogP contribution in [-0.2, 0) is 0 Å². The van der Waals surface area contributed by atoms with E-state index in [1.807, 2.05) is 32.8 Å². The second-order valence-electron chi connectivity index (χ2n) is 3.18. The van der Waals surface area contributed by atoms with Gasteiger partial charge in [-0.1, -0.05) is 0 Å². The summed E-state index contributed by atoms with van der Waals surface area (Å²) >= 11 is 0. The lowest BCUT2D eigenvalue weighted by atomic mass is 10.1. The first-order valence-corrected chi connectivity index (χ1v) is 3.30. The highest BCUT2D eigenvalue weighted by Crippen LogP contribution is 2.05. The van der Waals surface area contributed by atoms with Crippen molar-refractivity contribution in [3.05, 3.63) is 0 Å². The summed E-state index contributed by atoms with van der Waals surface area (Å²) in [6.45, 7) is 3.84. The van der Waals surface area contributed by atoms with E-state index in [0.29, 0.717) is 0 Å². The largest absolute Gasteiger partial charge is 0.394 e. The van der Waals surface area contributed by atoms with E-state index in [4.69, 9.17) is 5.11 Å². The molecule has 0 heterocycles. The summed E-state index contributed by atoms with van der Waals surface area (Å²) < 4.78 is 0. The number of aliphatic imine (C=N–C) groups is 1. The summed E-state index contributed by atoms with van der Waals surface area (Å²) in [7, 11) is 3.80. The van der Waals surface area contributed by atoms with Gasteiger partial charge in [0.05, 0.1) is 18.5 Å². The zero-order valence-corrected chi connectivity index (χ0v) is 7.13. The molecule has 0 radical (unpaired) electrons. The van der Waals surface area contributed by atoms with Gasteiger partial charge in [-0.3, -0.25) is 4.99 Å². The topological polar surface area (TPSA) is 35.8 Å². The molecular weight excluding hydrogens is 128 g/mol. The number of rotatable bonds is 3. The van der Waals surface area contributed by atoms with Crippen molar-refractivity contribution in [1.29, 1.82) is 0 Å². The van der Waals surface area contributed by atoms with E-state index in [2.05, 4.69) is 4.99 Å². The first-order valence-electron chi connectivity index (χ1n) is 3.30. The van der Waals surface area contributed by atoms with Gasteiger partial charge in [-0.25, -0.2) is 0 Å². The molecule has 0 aromatic heterocycles. The average molecular weight is 144 g/mol. The molecule has 0 aliphatic rings. The maximum Gasteiger partial charge on any atom is 0.0852 e. The first-order chi connectivity index (χ1) is 4.48. The average Bonchev–Trinajstić information content (AvgIpc) is 1.85. The second-order valence-corrected chi connectivity index (χ2v) is 3.18. The Labute approximate surface area is 62.4 Å². The molecule has 0 aliphatic heterocycles. The van der Waals surface area contributed by atoms with Crippen LogP contribution >= 0.6 is 0 Å². The molecule has 60 valence electrons. The molecule has 0 aliphatic carbocycles. The Hall–Kier alpha value is -0.570. The third-order valence-electron chi connectivity index (χ3n) is 1.03. The van der Waals surface area contributed by atoms with E-state index in [1.54, 1.807) is 6.34 Å². The lowest BCUT2D eigenvalue weighted by Crippen LogP contribution is -2.24. The summed E-state index contributed by atoms with van der Waals surface area (Å²) in [6.07, 6.45) is 1.70. The van der Waals surface area contributed by atoms with Crippen LogP contribution in [0.5, 0.6) is 0 Å². The molecule has 1 N–H and O–H groups in total. The predicted octanol–water partition coefficient (Wildman–Crippen LogP) is 0.347. The summed E-state index contributed by atoms with van der Waals surface area (Å²) in [5.41, 5.74) is -0.343. The summed E-state index contributed by atoms with van der Waals surface area (Å²) in [5.74, 6) is 0. The van der Waals surface area contributed by atoms with Gasteiger partial charge in [0.15, 0.2) is 0 Å². The van der Waals surface area contributed by atoms with Gasteiger partial charge in [0, 0.05) is 14.1 Å². The van der Waals surface area contributed by atoms with Gasteiger partial charge in [0.1, 0.15) is 0 Å². The summed E-state index contributed by atoms with van der Waals surface area (Å²) in [4.78, 5) is 5.97. The number of aliphatic hydroxyl groups excluding tert-OH is 1. The van der Waals surface area contributed by atoms with Gasteiger partial charge in [-0.2, -0.15) is 0 Å². The number of aliphatic hydroxyl groups is 1. The Morgan fingerprint density at radius 1 is 1.50 bits per heavy atom. The predicted molar refractivity (Wildman–Crippen MR) is 43.3 cm³/mol. The van der Waals surface area contributed by atoms with Crippen molar-refractivity contribution < 1.29 is 5.11 Å². The van der Waals surface area contributed by atoms with Gasteiger partial charge in [-0.05, 0) is 13.8 Å². The van der Waals surface area contributed by atoms with Crippen molar-refractivity contribution in [2.45, 2.75) is 19.4 Å². The van der Waals surface area contributed by atoms with Gasteiger partial charge in [-0.15, -0.1) is 0 Å². The Kier molecular flexibility index (Phi) is 3.36. The van der Waals surface area contributed by atoms with Crippen LogP contribution in [-0.4, -0.2) is 42.6 Å². The van der Waals surface area contributed by atoms with Gasteiger partial charge >= 0.3 is 0 Å². The van der Waals surface area contributed by atoms with Crippen molar-refractivity contribution in [2.24, 2.45) is 4.99 Å². The monoisotopic (exact) mass is 144 g/mol. The molecule has 0 saturated carbocycles. The van der Waals surface area contributed by atoms with Crippen molar-refractivity contribution in [1.82, 2.24) is 4.90 Å². The molecular formula is C7H16N2O. The highest BCUT2D eigenvalue weighted by molar-refractivity contribution is 5.54. The molecule has 0 rings (SSSR count). The zero-order chi connectivity index (χ0) is 8.20. The molecule has 3 nitrogen and oxygen atoms in total. The quantitative estimate of drug-likeness (QED) is 0.458. The molecule has 0 saturated heterocycles. The highest BCUT2D eigenvalue weighted by Gasteiger charge is 2.12. The number of nitrogens with zero attached hydrogens (tertiary/aromatic N) is 2. The fourth-order valence-corrected chi connectivity index (χ4v) is 0.313. The molecule has 0 unspecified atom stereocenters. The minimum atomic E-state index is -0.343. The van der Waals surface area contributed by atoms with E-state index < -0.39 is 0 Å². The SMILES string of the molecule is CN(C)C=NC(C)(C)CO. The molecule has 0 spiro atoms. The Balaban J connectivity index is 3.86. The van der Waals surface area contributed by atoms with Crippen LogP contribution in [0.1, 0.15) is 13.8 Å². The highest BCUT2D eigenvalue weighted by atomic mass is 16.3. The van der Waals surface area contributed by atoms with Crippen LogP contribution in [0, 0.1) is 0 Å². The molecule has 0 atom stereocenters. The fourth-order valence-electron chi connectivity index (χ4n) is 0.313. The van der Waals surface area contributed by atoms with Gasteiger partial charge in [0.2, 0.25) is 0 Å². The van der Waals surface area contributed by atoms with E-state index in [1.165, 1.54) is 0 Å². The maximum atomic E-state index is 8.77. The van der Waals surface area contributed by atoms with E-state index in [-0.39, 0.29) is 12.1 Å². The van der Waals surface area contributed by atoms with E-state index in [0.717, 1.165) is 0 Å². The Morgan fingerprint density at radius 3 is 2.30 bits per heavy atom. The van der Waals surface area contributed by atoms with E-state index in [9.17, 15) is 0 Å². The minimum Gasteiger partial charge on any atom is -0.394 e. The lowest BCUT2D eigenvalue weighted by molar-refractivity contribution is 0.222. The van der Waals surface area contributed by atoms with E-state index >= 15 is 0 Å². The Morgan fingerprint density at radius 2 is 2.00 bits per heavy atom. The van der Waals surface area contributed by atoms with Crippen molar-refractivity contribution >= 4 is 6.34 Å². The molecule has 0 bridgehead atoms. The lowest BCUT2D eigenvalue weighted by Gasteiger charge is -2.16. The smallest absolute Gasteiger partial charge is 0.0852 e. The third kappa shape index (κ3) is 4.32. The van der Waals surface area contributed by atoms with Crippen LogP contribution in [0.15, 0.2) is 4.99 Å². The first kappa shape index (κ1) is 9.43. The molecule has 0 aromatic carbocycles. The van der Waals surface area contributed by atoms with Crippen molar-refractivity contribution in [2.75, 3.05) is 20.7 Å². The normalized spacial score (nSPS) is 12.5. The molecule has 0 amide bonds. The van der Waals surface area contributed by atoms with Crippen LogP contribution in [0.25, 0.3) is 0 Å². The van der Waals surface area contributed by atoms with Gasteiger partial charge < -0.3 is 10.0 Å². The minimum absolute atomic E-state index is 0.0807. The summed E-state index contributed by atoms with van der Waals surface area (Å²) in [5, 5.41) is 8.77. The molecule has 3 heteroatoms.